The molecule has 0 saturated carbocycles. The molecular formula is C24H19ClN4O2. The molecule has 154 valence electrons. The number of hydrogen-bond acceptors (Lipinski definition) is 6. The van der Waals surface area contributed by atoms with Crippen molar-refractivity contribution in [2.24, 2.45) is 16.7 Å². The van der Waals surface area contributed by atoms with Crippen LogP contribution in [0.3, 0.4) is 0 Å². The largest absolute Gasteiger partial charge is 0.443 e. The molecule has 2 bridgehead atoms. The van der Waals surface area contributed by atoms with Gasteiger partial charge in [0.15, 0.2) is 10.8 Å². The molecule has 2 aliphatic heterocycles. The van der Waals surface area contributed by atoms with Gasteiger partial charge in [-0.15, -0.1) is 0 Å². The van der Waals surface area contributed by atoms with E-state index < -0.39 is 40.5 Å². The van der Waals surface area contributed by atoms with Crippen molar-refractivity contribution in [3.63, 3.8) is 0 Å². The maximum Gasteiger partial charge on any atom is 0.244 e. The topological polar surface area (TPSA) is 114 Å². The molecule has 5 atom stereocenters. The van der Waals surface area contributed by atoms with E-state index in [4.69, 9.17) is 26.5 Å². The highest BCUT2D eigenvalue weighted by Gasteiger charge is 2.80. The molecule has 7 heteroatoms. The van der Waals surface area contributed by atoms with Gasteiger partial charge in [0.1, 0.15) is 6.10 Å². The van der Waals surface area contributed by atoms with E-state index >= 15 is 0 Å². The zero-order chi connectivity index (χ0) is 22.4. The summed E-state index contributed by atoms with van der Waals surface area (Å²) in [7, 11) is 0. The van der Waals surface area contributed by atoms with Gasteiger partial charge in [-0.25, -0.2) is 0 Å². The van der Waals surface area contributed by atoms with Gasteiger partial charge >= 0.3 is 0 Å². The van der Waals surface area contributed by atoms with Gasteiger partial charge in [-0.3, -0.25) is 5.41 Å². The van der Waals surface area contributed by atoms with Gasteiger partial charge < -0.3 is 9.47 Å². The average molecular weight is 431 g/mol. The summed E-state index contributed by atoms with van der Waals surface area (Å²) in [5.41, 5.74) is -2.39. The fourth-order valence-electron chi connectivity index (χ4n) is 5.01. The Bertz CT molecular complexity index is 1160. The predicted octanol–water partition coefficient (Wildman–Crippen LogP) is 4.88. The number of halogens is 1. The van der Waals surface area contributed by atoms with Crippen LogP contribution in [0.5, 0.6) is 0 Å². The van der Waals surface area contributed by atoms with E-state index in [0.717, 1.165) is 5.56 Å². The lowest BCUT2D eigenvalue weighted by molar-refractivity contribution is -0.289. The molecule has 0 amide bonds. The van der Waals surface area contributed by atoms with Crippen molar-refractivity contribution in [2.75, 3.05) is 0 Å². The Morgan fingerprint density at radius 2 is 1.71 bits per heavy atom. The summed E-state index contributed by atoms with van der Waals surface area (Å²) in [6.07, 6.45) is -1.04. The molecule has 5 unspecified atom stereocenters. The third-order valence-electron chi connectivity index (χ3n) is 6.72. The first-order valence-corrected chi connectivity index (χ1v) is 10.2. The second kappa shape index (κ2) is 7.10. The van der Waals surface area contributed by atoms with Gasteiger partial charge in [0.05, 0.1) is 24.1 Å². The lowest BCUT2D eigenvalue weighted by Crippen LogP contribution is -2.62. The predicted molar refractivity (Wildman–Crippen MR) is 113 cm³/mol. The Hall–Kier alpha value is -3.37. The molecule has 0 aliphatic carbocycles. The van der Waals surface area contributed by atoms with Crippen molar-refractivity contribution in [1.82, 2.24) is 0 Å². The first-order valence-electron chi connectivity index (χ1n) is 9.83. The number of fused-ring (bicyclic) bond motifs is 2. The number of nitrogens with one attached hydrogen (secondary N) is 1. The normalized spacial score (nSPS) is 31.5. The number of nitriles is 3. The van der Waals surface area contributed by atoms with E-state index in [1.807, 2.05) is 37.3 Å². The summed E-state index contributed by atoms with van der Waals surface area (Å²) < 4.78 is 12.5. The molecule has 31 heavy (non-hydrogen) atoms. The second-order valence-electron chi connectivity index (χ2n) is 8.02. The van der Waals surface area contributed by atoms with Crippen molar-refractivity contribution in [2.45, 2.75) is 31.7 Å². The van der Waals surface area contributed by atoms with E-state index in [0.29, 0.717) is 10.6 Å². The third kappa shape index (κ3) is 2.48. The summed E-state index contributed by atoms with van der Waals surface area (Å²) in [5.74, 6) is -3.21. The van der Waals surface area contributed by atoms with Gasteiger partial charge in [-0.1, -0.05) is 67.9 Å². The van der Waals surface area contributed by atoms with E-state index in [1.165, 1.54) is 0 Å². The standard InChI is InChI=1S/C24H19ClN4O2/c1-15(17-7-4-3-5-8-17)20-22(12-26,13-27)23(14-28)16(2)24(30-20,31-21(23)29)18-9-6-10-19(25)11-18/h3-11,15-16,20,29H,1-2H3. The molecule has 2 aromatic rings. The highest BCUT2D eigenvalue weighted by molar-refractivity contribution is 6.30. The van der Waals surface area contributed by atoms with Crippen molar-refractivity contribution >= 4 is 17.5 Å². The van der Waals surface area contributed by atoms with Gasteiger partial charge in [-0.05, 0) is 17.7 Å². The summed E-state index contributed by atoms with van der Waals surface area (Å²) in [4.78, 5) is 0. The van der Waals surface area contributed by atoms with E-state index in [1.54, 1.807) is 31.2 Å². The minimum absolute atomic E-state index is 0.436. The molecule has 6 nitrogen and oxygen atoms in total. The third-order valence-corrected chi connectivity index (χ3v) is 6.95. The van der Waals surface area contributed by atoms with E-state index in [2.05, 4.69) is 18.2 Å². The van der Waals surface area contributed by atoms with Crippen molar-refractivity contribution in [1.29, 1.82) is 21.2 Å². The first-order chi connectivity index (χ1) is 14.8. The Kier molecular flexibility index (Phi) is 4.78. The Morgan fingerprint density at radius 1 is 1.03 bits per heavy atom. The highest BCUT2D eigenvalue weighted by Crippen LogP contribution is 2.67. The zero-order valence-corrected chi connectivity index (χ0v) is 17.7. The van der Waals surface area contributed by atoms with Crippen LogP contribution in [-0.2, 0) is 15.3 Å². The first kappa shape index (κ1) is 20.9. The van der Waals surface area contributed by atoms with Crippen LogP contribution in [-0.4, -0.2) is 12.0 Å². The molecule has 1 N–H and O–H groups in total. The van der Waals surface area contributed by atoms with Gasteiger partial charge in [0, 0.05) is 16.5 Å². The lowest BCUT2D eigenvalue weighted by Gasteiger charge is -2.50. The van der Waals surface area contributed by atoms with E-state index in [-0.39, 0.29) is 0 Å². The number of ether oxygens (including phenoxy) is 2. The molecule has 0 radical (unpaired) electrons. The Labute approximate surface area is 185 Å². The van der Waals surface area contributed by atoms with Gasteiger partial charge in [0.25, 0.3) is 0 Å². The molecule has 0 aromatic heterocycles. The molecular weight excluding hydrogens is 412 g/mol. The van der Waals surface area contributed by atoms with Crippen LogP contribution in [0.1, 0.15) is 30.9 Å². The molecule has 2 saturated heterocycles. The van der Waals surface area contributed by atoms with Crippen LogP contribution in [0.2, 0.25) is 5.02 Å². The summed E-state index contributed by atoms with van der Waals surface area (Å²) in [6.45, 7) is 3.53. The van der Waals surface area contributed by atoms with Crippen LogP contribution >= 0.6 is 11.6 Å². The molecule has 2 aromatic carbocycles. The maximum atomic E-state index is 10.3. The monoisotopic (exact) mass is 430 g/mol. The molecule has 2 heterocycles. The molecule has 4 rings (SSSR count). The molecule has 2 aliphatic rings. The number of benzene rings is 2. The van der Waals surface area contributed by atoms with Crippen molar-refractivity contribution < 1.29 is 9.47 Å². The van der Waals surface area contributed by atoms with Crippen LogP contribution in [0.25, 0.3) is 0 Å². The minimum atomic E-state index is -1.95. The summed E-state index contributed by atoms with van der Waals surface area (Å²) in [5, 5.41) is 40.0. The van der Waals surface area contributed by atoms with Crippen LogP contribution < -0.4 is 0 Å². The van der Waals surface area contributed by atoms with Crippen molar-refractivity contribution in [3.05, 3.63) is 70.7 Å². The smallest absolute Gasteiger partial charge is 0.244 e. The molecule has 2 fully saturated rings. The van der Waals surface area contributed by atoms with Crippen LogP contribution in [0, 0.1) is 56.2 Å². The average Bonchev–Trinajstić information content (AvgIpc) is 2.95. The maximum absolute atomic E-state index is 10.3. The second-order valence-corrected chi connectivity index (χ2v) is 8.46. The SMILES string of the molecule is CC(c1ccccc1)C1OC2(c3cccc(Cl)c3)OC(=N)C(C#N)(C2C)C1(C#N)C#N. The molecule has 0 spiro atoms. The van der Waals surface area contributed by atoms with E-state index in [9.17, 15) is 15.8 Å². The Balaban J connectivity index is 2.00. The quantitative estimate of drug-likeness (QED) is 0.745. The van der Waals surface area contributed by atoms with Gasteiger partial charge in [0.2, 0.25) is 11.7 Å². The van der Waals surface area contributed by atoms with Crippen LogP contribution in [0.4, 0.5) is 0 Å². The van der Waals surface area contributed by atoms with Crippen molar-refractivity contribution in [3.8, 4) is 18.2 Å². The zero-order valence-electron chi connectivity index (χ0n) is 17.0. The Morgan fingerprint density at radius 3 is 2.29 bits per heavy atom. The number of hydrogen-bond donors (Lipinski definition) is 1. The fraction of sp³-hybridized carbons (Fsp3) is 0.333. The summed E-state index contributed by atoms with van der Waals surface area (Å²) >= 11 is 6.22. The number of nitrogens with zero attached hydrogens (tertiary/aromatic N) is 3. The van der Waals surface area contributed by atoms with Gasteiger partial charge in [-0.2, -0.15) is 15.8 Å². The lowest BCUT2D eigenvalue weighted by atomic mass is 9.52. The summed E-state index contributed by atoms with van der Waals surface area (Å²) in [6, 6.07) is 22.5. The van der Waals surface area contributed by atoms with Crippen LogP contribution in [0.15, 0.2) is 54.6 Å². The highest BCUT2D eigenvalue weighted by atomic mass is 35.5. The minimum Gasteiger partial charge on any atom is -0.443 e. The number of rotatable bonds is 3. The fourth-order valence-corrected chi connectivity index (χ4v) is 5.20.